The standard InChI is InChI=1S/C29H27N3O6S/c1-19(2)24(29(35)38-25(20-12-6-3-7-13-20)21-14-8-4-9-15-21)32-27(30-23(34)18-33)26(28(32)39-31-36)37-22-16-10-5-11-17-22/h3-18,24-28H,1H2,2H3,(H,30,34). The van der Waals surface area contributed by atoms with E-state index in [2.05, 4.69) is 16.5 Å². The lowest BCUT2D eigenvalue weighted by molar-refractivity contribution is -0.166. The molecule has 0 spiro atoms. The van der Waals surface area contributed by atoms with E-state index in [1.54, 1.807) is 31.2 Å². The number of rotatable bonds is 12. The van der Waals surface area contributed by atoms with Crippen molar-refractivity contribution in [2.45, 2.75) is 36.7 Å². The fraction of sp³-hybridized carbons (Fsp3) is 0.207. The van der Waals surface area contributed by atoms with Gasteiger partial charge >= 0.3 is 5.97 Å². The summed E-state index contributed by atoms with van der Waals surface area (Å²) >= 11 is 0.649. The van der Waals surface area contributed by atoms with Crippen molar-refractivity contribution in [1.29, 1.82) is 0 Å². The Kier molecular flexibility index (Phi) is 9.24. The van der Waals surface area contributed by atoms with Crippen LogP contribution in [-0.4, -0.2) is 46.7 Å². The van der Waals surface area contributed by atoms with Crippen molar-refractivity contribution >= 4 is 30.1 Å². The van der Waals surface area contributed by atoms with Crippen LogP contribution in [0.5, 0.6) is 5.75 Å². The summed E-state index contributed by atoms with van der Waals surface area (Å²) < 4.78 is 15.1. The van der Waals surface area contributed by atoms with Gasteiger partial charge in [0.05, 0.1) is 0 Å². The minimum Gasteiger partial charge on any atom is -0.484 e. The number of para-hydroxylation sites is 1. The first-order valence-corrected chi connectivity index (χ1v) is 13.0. The zero-order valence-corrected chi connectivity index (χ0v) is 21.9. The van der Waals surface area contributed by atoms with Gasteiger partial charge in [-0.05, 0) is 30.2 Å². The number of aldehydes is 1. The monoisotopic (exact) mass is 545 g/mol. The van der Waals surface area contributed by atoms with Gasteiger partial charge in [0.1, 0.15) is 23.3 Å². The first-order chi connectivity index (χ1) is 18.9. The van der Waals surface area contributed by atoms with E-state index in [1.165, 1.54) is 4.90 Å². The third kappa shape index (κ3) is 6.42. The molecule has 0 radical (unpaired) electrons. The third-order valence-electron chi connectivity index (χ3n) is 6.20. The molecule has 1 heterocycles. The summed E-state index contributed by atoms with van der Waals surface area (Å²) in [5.74, 6) is -1.08. The summed E-state index contributed by atoms with van der Waals surface area (Å²) in [5, 5.41) is 1.78. The molecule has 1 N–H and O–H groups in total. The maximum absolute atomic E-state index is 13.8. The molecule has 3 aromatic rings. The second-order valence-corrected chi connectivity index (χ2v) is 9.71. The lowest BCUT2D eigenvalue weighted by Gasteiger charge is -2.54. The molecule has 200 valence electrons. The number of nitrogens with one attached hydrogen (secondary N) is 1. The summed E-state index contributed by atoms with van der Waals surface area (Å²) in [7, 11) is 0. The predicted molar refractivity (Wildman–Crippen MR) is 147 cm³/mol. The number of hydrogen-bond acceptors (Lipinski definition) is 9. The van der Waals surface area contributed by atoms with Gasteiger partial charge in [-0.25, -0.2) is 9.69 Å². The molecule has 4 rings (SSSR count). The molecule has 1 aliphatic heterocycles. The van der Waals surface area contributed by atoms with Gasteiger partial charge in [0.15, 0.2) is 12.2 Å². The van der Waals surface area contributed by atoms with Gasteiger partial charge in [-0.1, -0.05) is 91.0 Å². The zero-order chi connectivity index (χ0) is 27.8. The van der Waals surface area contributed by atoms with Crippen molar-refractivity contribution in [2.75, 3.05) is 0 Å². The highest BCUT2D eigenvalue weighted by atomic mass is 32.2. The molecule has 0 aliphatic carbocycles. The normalized spacial score (nSPS) is 19.3. The average molecular weight is 546 g/mol. The molecule has 4 atom stereocenters. The molecule has 1 aliphatic rings. The van der Waals surface area contributed by atoms with Crippen LogP contribution in [0.1, 0.15) is 24.2 Å². The number of carbonyl (C=O) groups is 3. The zero-order valence-electron chi connectivity index (χ0n) is 21.1. The van der Waals surface area contributed by atoms with E-state index in [0.717, 1.165) is 11.1 Å². The van der Waals surface area contributed by atoms with E-state index in [9.17, 15) is 19.3 Å². The molecular weight excluding hydrogens is 518 g/mol. The number of hydrogen-bond donors (Lipinski definition) is 1. The third-order valence-corrected chi connectivity index (χ3v) is 7.01. The molecule has 1 fully saturated rings. The maximum Gasteiger partial charge on any atom is 0.328 e. The van der Waals surface area contributed by atoms with Crippen LogP contribution in [0.25, 0.3) is 0 Å². The summed E-state index contributed by atoms with van der Waals surface area (Å²) in [4.78, 5) is 50.1. The molecule has 0 saturated carbocycles. The number of amides is 1. The van der Waals surface area contributed by atoms with Crippen LogP contribution in [-0.2, 0) is 19.1 Å². The lowest BCUT2D eigenvalue weighted by Crippen LogP contribution is -2.77. The minimum absolute atomic E-state index is 0.130. The Balaban J connectivity index is 1.67. The number of esters is 1. The van der Waals surface area contributed by atoms with E-state index < -0.39 is 41.7 Å². The summed E-state index contributed by atoms with van der Waals surface area (Å²) in [6.45, 7) is 5.63. The van der Waals surface area contributed by atoms with Gasteiger partial charge in [0, 0.05) is 16.5 Å². The second kappa shape index (κ2) is 13.0. The molecule has 0 aromatic heterocycles. The van der Waals surface area contributed by atoms with E-state index >= 15 is 0 Å². The first kappa shape index (κ1) is 27.7. The van der Waals surface area contributed by atoms with Gasteiger partial charge < -0.3 is 14.8 Å². The van der Waals surface area contributed by atoms with E-state index in [4.69, 9.17) is 9.47 Å². The summed E-state index contributed by atoms with van der Waals surface area (Å²) in [6.07, 6.45) is -2.36. The lowest BCUT2D eigenvalue weighted by atomic mass is 9.97. The molecular formula is C29H27N3O6S. The predicted octanol–water partition coefficient (Wildman–Crippen LogP) is 4.41. The smallest absolute Gasteiger partial charge is 0.328 e. The molecule has 1 amide bonds. The number of benzene rings is 3. The van der Waals surface area contributed by atoms with Crippen molar-refractivity contribution in [3.63, 3.8) is 0 Å². The number of nitrogens with zero attached hydrogens (tertiary/aromatic N) is 2. The van der Waals surface area contributed by atoms with E-state index in [0.29, 0.717) is 23.3 Å². The molecule has 9 nitrogen and oxygen atoms in total. The highest BCUT2D eigenvalue weighted by molar-refractivity contribution is 7.98. The van der Waals surface area contributed by atoms with Crippen LogP contribution in [0.3, 0.4) is 0 Å². The van der Waals surface area contributed by atoms with Crippen LogP contribution < -0.4 is 10.1 Å². The molecule has 3 aromatic carbocycles. The quantitative estimate of drug-likeness (QED) is 0.0889. The van der Waals surface area contributed by atoms with Crippen molar-refractivity contribution in [2.24, 2.45) is 4.58 Å². The number of carbonyl (C=O) groups excluding carboxylic acids is 3. The molecule has 4 unspecified atom stereocenters. The fourth-order valence-corrected chi connectivity index (χ4v) is 5.25. The van der Waals surface area contributed by atoms with Crippen molar-refractivity contribution in [1.82, 2.24) is 10.2 Å². The van der Waals surface area contributed by atoms with Crippen LogP contribution >= 0.6 is 11.9 Å². The largest absolute Gasteiger partial charge is 0.484 e. The van der Waals surface area contributed by atoms with Crippen molar-refractivity contribution < 1.29 is 23.9 Å². The Morgan fingerprint density at radius 3 is 2.00 bits per heavy atom. The van der Waals surface area contributed by atoms with Gasteiger partial charge in [-0.15, -0.1) is 4.91 Å². The first-order valence-electron chi connectivity index (χ1n) is 12.1. The van der Waals surface area contributed by atoms with Gasteiger partial charge in [0.25, 0.3) is 5.91 Å². The summed E-state index contributed by atoms with van der Waals surface area (Å²) in [5.41, 5.74) is 1.93. The second-order valence-electron chi connectivity index (χ2n) is 8.87. The van der Waals surface area contributed by atoms with Crippen LogP contribution in [0.15, 0.2) is 108 Å². The van der Waals surface area contributed by atoms with Gasteiger partial charge in [-0.2, -0.15) is 0 Å². The molecule has 0 bridgehead atoms. The Morgan fingerprint density at radius 2 is 1.51 bits per heavy atom. The Morgan fingerprint density at radius 1 is 0.974 bits per heavy atom. The van der Waals surface area contributed by atoms with Crippen molar-refractivity contribution in [3.05, 3.63) is 119 Å². The fourth-order valence-electron chi connectivity index (χ4n) is 4.48. The van der Waals surface area contributed by atoms with Gasteiger partial charge in [-0.3, -0.25) is 9.59 Å². The number of likely N-dealkylation sites (tertiary alicyclic amines) is 1. The Bertz CT molecular complexity index is 1270. The SMILES string of the molecule is C=C(C)C(C(=O)OC(c1ccccc1)c1ccccc1)N1C(NC(=O)C=O)C(Oc2ccccc2)C1SN=O. The van der Waals surface area contributed by atoms with E-state index in [-0.39, 0.29) is 6.29 Å². The molecule has 1 saturated heterocycles. The highest BCUT2D eigenvalue weighted by Crippen LogP contribution is 2.40. The van der Waals surface area contributed by atoms with Gasteiger partial charge in [0.2, 0.25) is 6.29 Å². The maximum atomic E-state index is 13.8. The Hall–Kier alpha value is -4.28. The van der Waals surface area contributed by atoms with Crippen LogP contribution in [0.4, 0.5) is 0 Å². The highest BCUT2D eigenvalue weighted by Gasteiger charge is 2.57. The van der Waals surface area contributed by atoms with E-state index in [1.807, 2.05) is 66.7 Å². The minimum atomic E-state index is -1.09. The van der Waals surface area contributed by atoms with Crippen LogP contribution in [0, 0.1) is 4.91 Å². The van der Waals surface area contributed by atoms with Crippen molar-refractivity contribution in [3.8, 4) is 5.75 Å². The number of nitroso groups, excluding NO2 is 1. The average Bonchev–Trinajstić information content (AvgIpc) is 2.97. The molecule has 39 heavy (non-hydrogen) atoms. The van der Waals surface area contributed by atoms with Crippen LogP contribution in [0.2, 0.25) is 0 Å². The molecule has 10 heteroatoms. The Labute approximate surface area is 230 Å². The topological polar surface area (TPSA) is 114 Å². The summed E-state index contributed by atoms with van der Waals surface area (Å²) in [6, 6.07) is 26.3. The number of ether oxygens (including phenoxy) is 2.